The second-order valence-electron chi connectivity index (χ2n) is 5.03. The molecule has 0 aliphatic heterocycles. The van der Waals surface area contributed by atoms with E-state index in [1.165, 1.54) is 49.6 Å². The summed E-state index contributed by atoms with van der Waals surface area (Å²) in [4.78, 5) is 22.2. The monoisotopic (exact) mass is 398 g/mol. The second-order valence-corrected chi connectivity index (χ2v) is 5.44. The number of rotatable bonds is 7. The van der Waals surface area contributed by atoms with Crippen molar-refractivity contribution < 1.29 is 28.0 Å². The fraction of sp³-hybridized carbons (Fsp3) is 0.118. The molecule has 1 amide bonds. The van der Waals surface area contributed by atoms with Gasteiger partial charge >= 0.3 is 6.61 Å². The Morgan fingerprint density at radius 1 is 1.26 bits per heavy atom. The summed E-state index contributed by atoms with van der Waals surface area (Å²) in [5.74, 6) is -0.735. The predicted molar refractivity (Wildman–Crippen MR) is 95.4 cm³/mol. The SMILES string of the molecule is COc1ccc(NC(=O)/C=C/c2ccc(Cl)c([N+](=O)[O-])c2)cc1OC(F)F. The van der Waals surface area contributed by atoms with Gasteiger partial charge in [0.25, 0.3) is 5.69 Å². The zero-order chi connectivity index (χ0) is 20.0. The zero-order valence-electron chi connectivity index (χ0n) is 13.8. The van der Waals surface area contributed by atoms with Crippen LogP contribution in [0.3, 0.4) is 0 Å². The maximum Gasteiger partial charge on any atom is 0.387 e. The van der Waals surface area contributed by atoms with Gasteiger partial charge in [0.2, 0.25) is 5.91 Å². The van der Waals surface area contributed by atoms with Crippen LogP contribution >= 0.6 is 11.6 Å². The van der Waals surface area contributed by atoms with Gasteiger partial charge in [0.15, 0.2) is 11.5 Å². The number of halogens is 3. The molecule has 1 N–H and O–H groups in total. The summed E-state index contributed by atoms with van der Waals surface area (Å²) in [6.45, 7) is -3.05. The summed E-state index contributed by atoms with van der Waals surface area (Å²) in [6, 6.07) is 8.04. The topological polar surface area (TPSA) is 90.7 Å². The van der Waals surface area contributed by atoms with Crippen LogP contribution < -0.4 is 14.8 Å². The quantitative estimate of drug-likeness (QED) is 0.421. The van der Waals surface area contributed by atoms with E-state index < -0.39 is 17.4 Å². The molecule has 0 radical (unpaired) electrons. The Morgan fingerprint density at radius 3 is 2.63 bits per heavy atom. The van der Waals surface area contributed by atoms with E-state index in [9.17, 15) is 23.7 Å². The number of methoxy groups -OCH3 is 1. The summed E-state index contributed by atoms with van der Waals surface area (Å²) in [6.07, 6.45) is 2.48. The third-order valence-electron chi connectivity index (χ3n) is 3.24. The van der Waals surface area contributed by atoms with Crippen LogP contribution in [-0.2, 0) is 4.79 Å². The highest BCUT2D eigenvalue weighted by Gasteiger charge is 2.13. The van der Waals surface area contributed by atoms with Crippen molar-refractivity contribution in [3.63, 3.8) is 0 Å². The lowest BCUT2D eigenvalue weighted by molar-refractivity contribution is -0.384. The number of nitrogens with zero attached hydrogens (tertiary/aromatic N) is 1. The number of benzene rings is 2. The maximum atomic E-state index is 12.4. The Hall–Kier alpha value is -3.20. The van der Waals surface area contributed by atoms with Crippen molar-refractivity contribution in [2.45, 2.75) is 6.61 Å². The van der Waals surface area contributed by atoms with Gasteiger partial charge in [-0.1, -0.05) is 17.7 Å². The minimum absolute atomic E-state index is 0.0219. The molecule has 0 aromatic heterocycles. The molecule has 2 aromatic rings. The Balaban J connectivity index is 2.12. The number of carbonyl (C=O) groups is 1. The van der Waals surface area contributed by atoms with E-state index in [1.54, 1.807) is 0 Å². The number of nitro groups is 1. The molecule has 10 heteroatoms. The Bertz CT molecular complexity index is 890. The normalized spacial score (nSPS) is 10.9. The number of amides is 1. The van der Waals surface area contributed by atoms with E-state index >= 15 is 0 Å². The molecule has 142 valence electrons. The first-order valence-electron chi connectivity index (χ1n) is 7.36. The highest BCUT2D eigenvalue weighted by Crippen LogP contribution is 2.31. The molecule has 0 aliphatic rings. The fourth-order valence-electron chi connectivity index (χ4n) is 2.07. The molecule has 0 saturated carbocycles. The van der Waals surface area contributed by atoms with Gasteiger partial charge in [-0.3, -0.25) is 14.9 Å². The first kappa shape index (κ1) is 20.1. The number of nitro benzene ring substituents is 1. The number of alkyl halides is 2. The summed E-state index contributed by atoms with van der Waals surface area (Å²) in [5.41, 5.74) is 0.295. The lowest BCUT2D eigenvalue weighted by atomic mass is 10.2. The summed E-state index contributed by atoms with van der Waals surface area (Å²) in [7, 11) is 1.29. The third kappa shape index (κ3) is 5.65. The van der Waals surface area contributed by atoms with Crippen molar-refractivity contribution in [2.75, 3.05) is 12.4 Å². The molecule has 0 saturated heterocycles. The van der Waals surface area contributed by atoms with Gasteiger partial charge in [-0.25, -0.2) is 0 Å². The van der Waals surface area contributed by atoms with Crippen molar-refractivity contribution in [2.24, 2.45) is 0 Å². The number of hydrogen-bond acceptors (Lipinski definition) is 5. The predicted octanol–water partition coefficient (Wildman–Crippen LogP) is 4.51. The lowest BCUT2D eigenvalue weighted by Gasteiger charge is -2.11. The van der Waals surface area contributed by atoms with Crippen LogP contribution in [0.4, 0.5) is 20.2 Å². The lowest BCUT2D eigenvalue weighted by Crippen LogP contribution is -2.09. The molecule has 0 unspecified atom stereocenters. The van der Waals surface area contributed by atoms with Crippen LogP contribution in [0, 0.1) is 10.1 Å². The first-order valence-corrected chi connectivity index (χ1v) is 7.74. The van der Waals surface area contributed by atoms with Crippen LogP contribution in [-0.4, -0.2) is 24.6 Å². The number of nitrogens with one attached hydrogen (secondary N) is 1. The standard InChI is InChI=1S/C17H13ClF2N2O5/c1-26-14-6-4-11(9-15(14)27-17(19)20)21-16(23)7-3-10-2-5-12(18)13(8-10)22(24)25/h2-9,17H,1H3,(H,21,23)/b7-3+. The first-order chi connectivity index (χ1) is 12.8. The van der Waals surface area contributed by atoms with E-state index in [0.29, 0.717) is 5.56 Å². The van der Waals surface area contributed by atoms with Crippen LogP contribution in [0.25, 0.3) is 6.08 Å². The van der Waals surface area contributed by atoms with Crippen molar-refractivity contribution in [1.29, 1.82) is 0 Å². The molecular weight excluding hydrogens is 386 g/mol. The molecule has 2 aromatic carbocycles. The van der Waals surface area contributed by atoms with Gasteiger partial charge in [-0.15, -0.1) is 0 Å². The average Bonchev–Trinajstić information content (AvgIpc) is 2.60. The minimum Gasteiger partial charge on any atom is -0.493 e. The Morgan fingerprint density at radius 2 is 2.00 bits per heavy atom. The van der Waals surface area contributed by atoms with Crippen LogP contribution in [0.2, 0.25) is 5.02 Å². The third-order valence-corrected chi connectivity index (χ3v) is 3.56. The Labute approximate surface area is 157 Å². The van der Waals surface area contributed by atoms with Crippen LogP contribution in [0.15, 0.2) is 42.5 Å². The highest BCUT2D eigenvalue weighted by molar-refractivity contribution is 6.32. The minimum atomic E-state index is -3.05. The van der Waals surface area contributed by atoms with Crippen molar-refractivity contribution in [3.05, 3.63) is 63.2 Å². The van der Waals surface area contributed by atoms with E-state index in [-0.39, 0.29) is 27.9 Å². The molecule has 2 rings (SSSR count). The van der Waals surface area contributed by atoms with Crippen molar-refractivity contribution in [3.8, 4) is 11.5 Å². The molecule has 7 nitrogen and oxygen atoms in total. The van der Waals surface area contributed by atoms with Gasteiger partial charge in [0, 0.05) is 23.9 Å². The summed E-state index contributed by atoms with van der Waals surface area (Å²) in [5, 5.41) is 13.3. The van der Waals surface area contributed by atoms with Crippen LogP contribution in [0.5, 0.6) is 11.5 Å². The summed E-state index contributed by atoms with van der Waals surface area (Å²) >= 11 is 5.72. The van der Waals surface area contributed by atoms with Gasteiger partial charge < -0.3 is 14.8 Å². The number of hydrogen-bond donors (Lipinski definition) is 1. The van der Waals surface area contributed by atoms with E-state index in [2.05, 4.69) is 10.1 Å². The fourth-order valence-corrected chi connectivity index (χ4v) is 2.26. The zero-order valence-corrected chi connectivity index (χ0v) is 14.6. The van der Waals surface area contributed by atoms with Crippen molar-refractivity contribution >= 4 is 35.0 Å². The molecular formula is C17H13ClF2N2O5. The molecule has 0 bridgehead atoms. The van der Waals surface area contributed by atoms with Gasteiger partial charge in [0.1, 0.15) is 5.02 Å². The molecule has 27 heavy (non-hydrogen) atoms. The highest BCUT2D eigenvalue weighted by atomic mass is 35.5. The second kappa shape index (κ2) is 8.95. The number of carbonyl (C=O) groups excluding carboxylic acids is 1. The average molecular weight is 399 g/mol. The van der Waals surface area contributed by atoms with Gasteiger partial charge in [-0.2, -0.15) is 8.78 Å². The maximum absolute atomic E-state index is 12.4. The molecule has 0 spiro atoms. The number of ether oxygens (including phenoxy) is 2. The largest absolute Gasteiger partial charge is 0.493 e. The van der Waals surface area contributed by atoms with E-state index in [1.807, 2.05) is 0 Å². The van der Waals surface area contributed by atoms with Crippen molar-refractivity contribution in [1.82, 2.24) is 0 Å². The van der Waals surface area contributed by atoms with Crippen LogP contribution in [0.1, 0.15) is 5.56 Å². The van der Waals surface area contributed by atoms with Gasteiger partial charge in [0.05, 0.1) is 12.0 Å². The molecule has 0 fully saturated rings. The van der Waals surface area contributed by atoms with Gasteiger partial charge in [-0.05, 0) is 29.8 Å². The smallest absolute Gasteiger partial charge is 0.387 e. The molecule has 0 aliphatic carbocycles. The molecule has 0 atom stereocenters. The number of anilines is 1. The van der Waals surface area contributed by atoms with E-state index in [4.69, 9.17) is 16.3 Å². The summed E-state index contributed by atoms with van der Waals surface area (Å²) < 4.78 is 34.1. The molecule has 0 heterocycles. The van der Waals surface area contributed by atoms with E-state index in [0.717, 1.165) is 6.08 Å². The Kier molecular flexibility index (Phi) is 6.67.